The van der Waals surface area contributed by atoms with Gasteiger partial charge in [-0.05, 0) is 99.5 Å². The van der Waals surface area contributed by atoms with Gasteiger partial charge in [-0.2, -0.15) is 0 Å². The van der Waals surface area contributed by atoms with Crippen molar-refractivity contribution in [3.8, 4) is 22.9 Å². The SMILES string of the molecule is CC(=O)NCC1CCN(Cc2cc(Oc3ccc(N4C[C@H](C)CC[C@@H]4C)nc3)nc(-c3cc(Cl)cc(Cl)c3)c2)CC1. The van der Waals surface area contributed by atoms with Gasteiger partial charge in [-0.1, -0.05) is 30.1 Å². The van der Waals surface area contributed by atoms with Crippen LogP contribution in [-0.4, -0.2) is 53.0 Å². The summed E-state index contributed by atoms with van der Waals surface area (Å²) in [6, 6.07) is 14.0. The van der Waals surface area contributed by atoms with E-state index in [2.05, 4.69) is 35.0 Å². The van der Waals surface area contributed by atoms with Crippen LogP contribution in [-0.2, 0) is 11.3 Å². The second kappa shape index (κ2) is 13.4. The van der Waals surface area contributed by atoms with Gasteiger partial charge in [0.05, 0.1) is 11.9 Å². The van der Waals surface area contributed by atoms with Crippen molar-refractivity contribution in [2.75, 3.05) is 31.1 Å². The lowest BCUT2D eigenvalue weighted by molar-refractivity contribution is -0.119. The first-order valence-electron chi connectivity index (χ1n) is 14.6. The average molecular weight is 597 g/mol. The zero-order chi connectivity index (χ0) is 28.9. The monoisotopic (exact) mass is 595 g/mol. The number of pyridine rings is 2. The third-order valence-corrected chi connectivity index (χ3v) is 8.56. The van der Waals surface area contributed by atoms with Gasteiger partial charge >= 0.3 is 0 Å². The lowest BCUT2D eigenvalue weighted by Crippen LogP contribution is -2.41. The molecule has 2 fully saturated rings. The minimum atomic E-state index is 0.0332. The Morgan fingerprint density at radius 2 is 1.78 bits per heavy atom. The fraction of sp³-hybridized carbons (Fsp3) is 0.469. The highest BCUT2D eigenvalue weighted by Gasteiger charge is 2.24. The predicted octanol–water partition coefficient (Wildman–Crippen LogP) is 7.22. The van der Waals surface area contributed by atoms with Crippen molar-refractivity contribution in [2.24, 2.45) is 11.8 Å². The van der Waals surface area contributed by atoms with Crippen molar-refractivity contribution in [3.05, 3.63) is 64.3 Å². The van der Waals surface area contributed by atoms with Gasteiger partial charge in [0.15, 0.2) is 0 Å². The van der Waals surface area contributed by atoms with E-state index in [1.807, 2.05) is 30.3 Å². The molecule has 2 saturated heterocycles. The first kappa shape index (κ1) is 29.6. The summed E-state index contributed by atoms with van der Waals surface area (Å²) in [6.07, 6.45) is 6.33. The lowest BCUT2D eigenvalue weighted by atomic mass is 9.95. The quantitative estimate of drug-likeness (QED) is 0.296. The van der Waals surface area contributed by atoms with E-state index in [0.29, 0.717) is 39.6 Å². The van der Waals surface area contributed by atoms with E-state index in [1.54, 1.807) is 19.2 Å². The second-order valence-corrected chi connectivity index (χ2v) is 12.5. The van der Waals surface area contributed by atoms with Crippen LogP contribution in [0.4, 0.5) is 5.82 Å². The largest absolute Gasteiger partial charge is 0.437 e. The highest BCUT2D eigenvalue weighted by Crippen LogP contribution is 2.32. The number of carbonyl (C=O) groups is 1. The van der Waals surface area contributed by atoms with Gasteiger partial charge in [-0.3, -0.25) is 9.69 Å². The van der Waals surface area contributed by atoms with Gasteiger partial charge in [0.2, 0.25) is 11.8 Å². The Hall–Kier alpha value is -2.87. The van der Waals surface area contributed by atoms with Crippen molar-refractivity contribution in [2.45, 2.75) is 59.0 Å². The normalized spacial score (nSPS) is 20.2. The smallest absolute Gasteiger partial charge is 0.220 e. The fourth-order valence-electron chi connectivity index (χ4n) is 5.78. The number of hydrogen-bond donors (Lipinski definition) is 1. The second-order valence-electron chi connectivity index (χ2n) is 11.7. The summed E-state index contributed by atoms with van der Waals surface area (Å²) in [7, 11) is 0. The molecule has 3 aromatic rings. The van der Waals surface area contributed by atoms with E-state index in [4.69, 9.17) is 37.9 Å². The van der Waals surface area contributed by atoms with Crippen molar-refractivity contribution in [3.63, 3.8) is 0 Å². The zero-order valence-electron chi connectivity index (χ0n) is 24.1. The first-order valence-corrected chi connectivity index (χ1v) is 15.3. The molecule has 2 aromatic heterocycles. The van der Waals surface area contributed by atoms with Crippen LogP contribution in [0.1, 0.15) is 52.0 Å². The average Bonchev–Trinajstić information content (AvgIpc) is 2.94. The van der Waals surface area contributed by atoms with Crippen molar-refractivity contribution < 1.29 is 9.53 Å². The Balaban J connectivity index is 1.34. The molecule has 41 heavy (non-hydrogen) atoms. The lowest BCUT2D eigenvalue weighted by Gasteiger charge is -2.37. The standard InChI is InChI=1S/C32H39Cl2N5O2/c1-21-4-5-22(2)39(19-21)31-7-6-29(18-36-31)41-32-13-25(12-30(37-32)26-14-27(33)16-28(34)15-26)20-38-10-8-24(9-11-38)17-35-23(3)40/h6-7,12-16,18,21-22,24H,4-5,8-11,17,19-20H2,1-3H3,(H,35,40)/t21-,22+/m1/s1. The van der Waals surface area contributed by atoms with Gasteiger partial charge in [0, 0.05) is 54.3 Å². The number of nitrogens with zero attached hydrogens (tertiary/aromatic N) is 4. The third kappa shape index (κ3) is 8.12. The molecule has 0 spiro atoms. The number of anilines is 1. The molecule has 2 aliphatic heterocycles. The Kier molecular flexibility index (Phi) is 9.68. The van der Waals surface area contributed by atoms with E-state index in [9.17, 15) is 4.79 Å². The van der Waals surface area contributed by atoms with E-state index >= 15 is 0 Å². The van der Waals surface area contributed by atoms with Crippen molar-refractivity contribution in [1.82, 2.24) is 20.2 Å². The minimum Gasteiger partial charge on any atom is -0.437 e. The minimum absolute atomic E-state index is 0.0332. The molecule has 218 valence electrons. The molecular formula is C32H39Cl2N5O2. The Labute approximate surface area is 253 Å². The number of benzene rings is 1. The molecule has 1 aromatic carbocycles. The maximum atomic E-state index is 11.3. The van der Waals surface area contributed by atoms with Gasteiger partial charge in [0.25, 0.3) is 0 Å². The summed E-state index contributed by atoms with van der Waals surface area (Å²) in [4.78, 5) is 25.7. The van der Waals surface area contributed by atoms with Gasteiger partial charge in [-0.15, -0.1) is 0 Å². The van der Waals surface area contributed by atoms with Gasteiger partial charge < -0.3 is 15.0 Å². The number of aromatic nitrogens is 2. The molecule has 0 aliphatic carbocycles. The summed E-state index contributed by atoms with van der Waals surface area (Å²) in [5.74, 6) is 3.34. The maximum absolute atomic E-state index is 11.3. The maximum Gasteiger partial charge on any atom is 0.220 e. The van der Waals surface area contributed by atoms with E-state index < -0.39 is 0 Å². The molecule has 4 heterocycles. The van der Waals surface area contributed by atoms with Crippen molar-refractivity contribution >= 4 is 34.9 Å². The molecule has 2 aliphatic rings. The van der Waals surface area contributed by atoms with Crippen molar-refractivity contribution in [1.29, 1.82) is 0 Å². The molecule has 5 rings (SSSR count). The van der Waals surface area contributed by atoms with Gasteiger partial charge in [0.1, 0.15) is 11.6 Å². The Morgan fingerprint density at radius 3 is 2.46 bits per heavy atom. The van der Waals surface area contributed by atoms with Crippen LogP contribution < -0.4 is 15.0 Å². The van der Waals surface area contributed by atoms with Gasteiger partial charge in [-0.25, -0.2) is 9.97 Å². The van der Waals surface area contributed by atoms with Crippen LogP contribution in [0.15, 0.2) is 48.7 Å². The number of likely N-dealkylation sites (tertiary alicyclic amines) is 1. The molecule has 0 radical (unpaired) electrons. The molecule has 1 amide bonds. The summed E-state index contributed by atoms with van der Waals surface area (Å²) in [5.41, 5.74) is 2.69. The molecule has 7 nitrogen and oxygen atoms in total. The van der Waals surface area contributed by atoms with Crippen LogP contribution in [0.5, 0.6) is 11.6 Å². The number of piperidine rings is 2. The molecule has 0 unspecified atom stereocenters. The molecule has 2 atom stereocenters. The predicted molar refractivity (Wildman–Crippen MR) is 166 cm³/mol. The number of hydrogen-bond acceptors (Lipinski definition) is 6. The highest BCUT2D eigenvalue weighted by atomic mass is 35.5. The zero-order valence-corrected chi connectivity index (χ0v) is 25.6. The van der Waals surface area contributed by atoms with Crippen LogP contribution in [0, 0.1) is 11.8 Å². The number of halogens is 2. The van der Waals surface area contributed by atoms with Crippen LogP contribution in [0.25, 0.3) is 11.3 Å². The van der Waals surface area contributed by atoms with Crippen LogP contribution in [0.3, 0.4) is 0 Å². The summed E-state index contributed by atoms with van der Waals surface area (Å²) in [6.45, 7) is 10.6. The molecule has 9 heteroatoms. The Morgan fingerprint density at radius 1 is 1.02 bits per heavy atom. The number of nitrogens with one attached hydrogen (secondary N) is 1. The molecule has 1 N–H and O–H groups in total. The first-order chi connectivity index (χ1) is 19.7. The molecular weight excluding hydrogens is 557 g/mol. The summed E-state index contributed by atoms with van der Waals surface area (Å²) >= 11 is 12.7. The fourth-order valence-corrected chi connectivity index (χ4v) is 6.30. The van der Waals surface area contributed by atoms with E-state index in [1.165, 1.54) is 12.8 Å². The number of amides is 1. The van der Waals surface area contributed by atoms with E-state index in [0.717, 1.165) is 68.2 Å². The Bertz CT molecular complexity index is 1320. The summed E-state index contributed by atoms with van der Waals surface area (Å²) in [5, 5.41) is 4.08. The topological polar surface area (TPSA) is 70.6 Å². The number of carbonyl (C=O) groups excluding carboxylic acids is 1. The highest BCUT2D eigenvalue weighted by molar-refractivity contribution is 6.35. The third-order valence-electron chi connectivity index (χ3n) is 8.13. The molecule has 0 saturated carbocycles. The molecule has 0 bridgehead atoms. The van der Waals surface area contributed by atoms with Crippen LogP contribution >= 0.6 is 23.2 Å². The van der Waals surface area contributed by atoms with E-state index in [-0.39, 0.29) is 5.91 Å². The van der Waals surface area contributed by atoms with Crippen LogP contribution in [0.2, 0.25) is 10.0 Å². The summed E-state index contributed by atoms with van der Waals surface area (Å²) < 4.78 is 6.28. The number of ether oxygens (including phenoxy) is 1. The number of rotatable bonds is 8.